The van der Waals surface area contributed by atoms with Gasteiger partial charge in [0.25, 0.3) is 5.91 Å². The second kappa shape index (κ2) is 8.77. The third-order valence-corrected chi connectivity index (χ3v) is 4.28. The van der Waals surface area contributed by atoms with E-state index in [9.17, 15) is 9.18 Å². The Bertz CT molecular complexity index is 959. The lowest BCUT2D eigenvalue weighted by molar-refractivity contribution is -0.470. The summed E-state index contributed by atoms with van der Waals surface area (Å²) in [7, 11) is 3.27. The van der Waals surface area contributed by atoms with Crippen LogP contribution in [0.2, 0.25) is 0 Å². The number of rotatable bonds is 8. The molecule has 1 amide bonds. The highest BCUT2D eigenvalue weighted by Gasteiger charge is 2.20. The second-order valence-corrected chi connectivity index (χ2v) is 6.85. The molecule has 2 rings (SSSR count). The first-order chi connectivity index (χ1) is 13.1. The Balaban J connectivity index is 2.44. The normalized spacial score (nSPS) is 13.1. The molecule has 28 heavy (non-hydrogen) atoms. The molecule has 2 aromatic rings. The molecule has 0 spiro atoms. The fourth-order valence-corrected chi connectivity index (χ4v) is 2.91. The Morgan fingerprint density at radius 2 is 2.21 bits per heavy atom. The standard InChI is InChI=1S/C20H26FN5O2/c1-12-7-17-18(23-8-12)15(19(27)24-9-13(2)21)10-26(17)11-16(22)14(3)20(28-6)25(4)5/h7-8,10,13,22H,4,9,11H2,1-3,5-6H3/p+1. The summed E-state index contributed by atoms with van der Waals surface area (Å²) in [5.41, 5.74) is 3.49. The lowest BCUT2D eigenvalue weighted by Crippen LogP contribution is -2.28. The van der Waals surface area contributed by atoms with Crippen LogP contribution in [0.15, 0.2) is 29.9 Å². The van der Waals surface area contributed by atoms with E-state index in [2.05, 4.69) is 17.0 Å². The van der Waals surface area contributed by atoms with Crippen molar-refractivity contribution in [1.29, 1.82) is 5.41 Å². The molecule has 0 aliphatic carbocycles. The van der Waals surface area contributed by atoms with Gasteiger partial charge in [-0.1, -0.05) is 0 Å². The molecule has 0 saturated carbocycles. The number of allylic oxidation sites excluding steroid dienone is 1. The van der Waals surface area contributed by atoms with Gasteiger partial charge in [0.1, 0.15) is 25.5 Å². The van der Waals surface area contributed by atoms with E-state index in [1.807, 2.05) is 13.0 Å². The Morgan fingerprint density at radius 3 is 2.79 bits per heavy atom. The third-order valence-electron chi connectivity index (χ3n) is 4.28. The Morgan fingerprint density at radius 1 is 1.54 bits per heavy atom. The molecule has 0 aliphatic rings. The van der Waals surface area contributed by atoms with Crippen molar-refractivity contribution in [1.82, 2.24) is 14.9 Å². The third kappa shape index (κ3) is 4.62. The summed E-state index contributed by atoms with van der Waals surface area (Å²) in [4.78, 5) is 16.9. The van der Waals surface area contributed by atoms with Gasteiger partial charge >= 0.3 is 5.88 Å². The molecule has 0 bridgehead atoms. The number of nitrogens with zero attached hydrogens (tertiary/aromatic N) is 3. The number of amides is 1. The maximum atomic E-state index is 13.1. The van der Waals surface area contributed by atoms with Crippen LogP contribution in [0.5, 0.6) is 0 Å². The van der Waals surface area contributed by atoms with E-state index in [0.29, 0.717) is 28.2 Å². The summed E-state index contributed by atoms with van der Waals surface area (Å²) in [6.07, 6.45) is 2.19. The van der Waals surface area contributed by atoms with Gasteiger partial charge in [0.2, 0.25) is 0 Å². The average molecular weight is 388 g/mol. The van der Waals surface area contributed by atoms with Crippen LogP contribution in [-0.2, 0) is 11.3 Å². The fraction of sp³-hybridized carbons (Fsp3) is 0.400. The first kappa shape index (κ1) is 21.3. The number of aromatic nitrogens is 2. The van der Waals surface area contributed by atoms with Gasteiger partial charge in [0.05, 0.1) is 36.0 Å². The van der Waals surface area contributed by atoms with Crippen LogP contribution in [-0.4, -0.2) is 59.3 Å². The molecule has 0 aromatic carbocycles. The molecule has 150 valence electrons. The van der Waals surface area contributed by atoms with Crippen molar-refractivity contribution in [2.75, 3.05) is 20.7 Å². The van der Waals surface area contributed by atoms with E-state index in [0.717, 1.165) is 11.1 Å². The van der Waals surface area contributed by atoms with E-state index in [1.165, 1.54) is 14.0 Å². The van der Waals surface area contributed by atoms with Gasteiger partial charge in [-0.2, -0.15) is 4.58 Å². The van der Waals surface area contributed by atoms with E-state index in [1.54, 1.807) is 35.5 Å². The SMILES string of the molecule is C=[N+](C)C(OC)=C(C)C(=N)Cn1cc(C(=O)NCC(C)F)c2ncc(C)cc21. The summed E-state index contributed by atoms with van der Waals surface area (Å²) in [5, 5.41) is 11.0. The van der Waals surface area contributed by atoms with Gasteiger partial charge < -0.3 is 20.0 Å². The molecule has 1 atom stereocenters. The van der Waals surface area contributed by atoms with Crippen LogP contribution in [0.3, 0.4) is 0 Å². The van der Waals surface area contributed by atoms with Gasteiger partial charge in [-0.25, -0.2) is 4.39 Å². The Kier molecular flexibility index (Phi) is 6.66. The minimum Gasteiger partial charge on any atom is -0.447 e. The minimum absolute atomic E-state index is 0.0674. The molecular weight excluding hydrogens is 361 g/mol. The van der Waals surface area contributed by atoms with Crippen molar-refractivity contribution in [3.05, 3.63) is 41.0 Å². The van der Waals surface area contributed by atoms with Gasteiger partial charge in [0.15, 0.2) is 0 Å². The van der Waals surface area contributed by atoms with Crippen molar-refractivity contribution < 1.29 is 18.5 Å². The predicted molar refractivity (Wildman–Crippen MR) is 108 cm³/mol. The maximum Gasteiger partial charge on any atom is 0.371 e. The van der Waals surface area contributed by atoms with E-state index in [-0.39, 0.29) is 13.1 Å². The first-order valence-corrected chi connectivity index (χ1v) is 8.90. The number of fused-ring (bicyclic) bond motifs is 1. The highest BCUT2D eigenvalue weighted by Crippen LogP contribution is 2.21. The Hall–Kier alpha value is -3.03. The number of carbonyl (C=O) groups is 1. The molecule has 1 unspecified atom stereocenters. The molecular formula is C20H27FN5O2+. The van der Waals surface area contributed by atoms with Crippen molar-refractivity contribution in [3.63, 3.8) is 0 Å². The molecule has 0 saturated heterocycles. The zero-order chi connectivity index (χ0) is 21.0. The quantitative estimate of drug-likeness (QED) is 0.414. The smallest absolute Gasteiger partial charge is 0.371 e. The number of carbonyl (C=O) groups excluding carboxylic acids is 1. The number of aryl methyl sites for hydroxylation is 1. The molecule has 0 fully saturated rings. The Labute approximate surface area is 164 Å². The van der Waals surface area contributed by atoms with Crippen molar-refractivity contribution in [2.45, 2.75) is 33.5 Å². The maximum absolute atomic E-state index is 13.1. The van der Waals surface area contributed by atoms with Gasteiger partial charge in [-0.15, -0.1) is 0 Å². The number of alkyl halides is 1. The average Bonchev–Trinajstić information content (AvgIpc) is 2.97. The van der Waals surface area contributed by atoms with E-state index < -0.39 is 12.1 Å². The van der Waals surface area contributed by atoms with E-state index in [4.69, 9.17) is 10.1 Å². The van der Waals surface area contributed by atoms with Crippen LogP contribution < -0.4 is 5.32 Å². The molecule has 2 N–H and O–H groups in total. The lowest BCUT2D eigenvalue weighted by Gasteiger charge is -2.09. The lowest BCUT2D eigenvalue weighted by atomic mass is 10.2. The summed E-state index contributed by atoms with van der Waals surface area (Å²) >= 11 is 0. The van der Waals surface area contributed by atoms with E-state index >= 15 is 0 Å². The molecule has 0 aliphatic heterocycles. The summed E-state index contributed by atoms with van der Waals surface area (Å²) in [5.74, 6) is 0.101. The number of hydrogen-bond donors (Lipinski definition) is 2. The zero-order valence-electron chi connectivity index (χ0n) is 17.0. The van der Waals surface area contributed by atoms with Gasteiger partial charge in [-0.05, 0) is 32.4 Å². The number of hydrogen-bond acceptors (Lipinski definition) is 4. The minimum atomic E-state index is -1.14. The van der Waals surface area contributed by atoms with Crippen molar-refractivity contribution >= 4 is 29.4 Å². The largest absolute Gasteiger partial charge is 0.447 e. The van der Waals surface area contributed by atoms with Crippen LogP contribution >= 0.6 is 0 Å². The van der Waals surface area contributed by atoms with Crippen LogP contribution in [0.25, 0.3) is 11.0 Å². The topological polar surface area (TPSA) is 83.0 Å². The molecule has 2 aromatic heterocycles. The predicted octanol–water partition coefficient (Wildman–Crippen LogP) is 2.67. The molecule has 8 heteroatoms. The zero-order valence-corrected chi connectivity index (χ0v) is 17.0. The summed E-state index contributed by atoms with van der Waals surface area (Å²) in [6.45, 7) is 9.03. The van der Waals surface area contributed by atoms with Crippen molar-refractivity contribution in [3.8, 4) is 0 Å². The summed E-state index contributed by atoms with van der Waals surface area (Å²) < 4.78 is 21.8. The number of pyridine rings is 1. The highest BCUT2D eigenvalue weighted by atomic mass is 19.1. The number of nitrogens with one attached hydrogen (secondary N) is 2. The molecule has 7 nitrogen and oxygen atoms in total. The van der Waals surface area contributed by atoms with Crippen LogP contribution in [0.4, 0.5) is 4.39 Å². The van der Waals surface area contributed by atoms with Crippen LogP contribution in [0.1, 0.15) is 29.8 Å². The second-order valence-electron chi connectivity index (χ2n) is 6.85. The highest BCUT2D eigenvalue weighted by molar-refractivity contribution is 6.06. The monoisotopic (exact) mass is 388 g/mol. The van der Waals surface area contributed by atoms with Gasteiger partial charge in [-0.3, -0.25) is 9.78 Å². The molecule has 0 radical (unpaired) electrons. The number of halogens is 1. The number of ether oxygens (including phenoxy) is 1. The fourth-order valence-electron chi connectivity index (χ4n) is 2.91. The van der Waals surface area contributed by atoms with Crippen LogP contribution in [0, 0.1) is 12.3 Å². The van der Waals surface area contributed by atoms with Crippen molar-refractivity contribution in [2.24, 2.45) is 0 Å². The van der Waals surface area contributed by atoms with Gasteiger partial charge in [0, 0.05) is 18.9 Å². The first-order valence-electron chi connectivity index (χ1n) is 8.90. The summed E-state index contributed by atoms with van der Waals surface area (Å²) in [6, 6.07) is 1.91. The molecule has 2 heterocycles. The number of methoxy groups -OCH3 is 1.